The third kappa shape index (κ3) is 9.10. The SMILES string of the molecule is COCCOCC(O)CN1CCCN(C(=O)OC(C)(C)C)CC1. The van der Waals surface area contributed by atoms with Crippen molar-refractivity contribution in [2.24, 2.45) is 0 Å². The van der Waals surface area contributed by atoms with Crippen molar-refractivity contribution in [1.82, 2.24) is 9.80 Å². The van der Waals surface area contributed by atoms with Crippen molar-refractivity contribution in [1.29, 1.82) is 0 Å². The Morgan fingerprint density at radius 3 is 2.57 bits per heavy atom. The molecular weight excluding hydrogens is 300 g/mol. The van der Waals surface area contributed by atoms with E-state index in [1.54, 1.807) is 12.0 Å². The van der Waals surface area contributed by atoms with Crippen LogP contribution in [0.3, 0.4) is 0 Å². The van der Waals surface area contributed by atoms with Gasteiger partial charge in [0.2, 0.25) is 0 Å². The second-order valence-electron chi connectivity index (χ2n) is 6.84. The van der Waals surface area contributed by atoms with E-state index in [9.17, 15) is 9.90 Å². The van der Waals surface area contributed by atoms with Gasteiger partial charge in [0, 0.05) is 39.8 Å². The Morgan fingerprint density at radius 2 is 1.91 bits per heavy atom. The van der Waals surface area contributed by atoms with Crippen LogP contribution < -0.4 is 0 Å². The Balaban J connectivity index is 2.30. The molecule has 1 fully saturated rings. The molecule has 0 spiro atoms. The van der Waals surface area contributed by atoms with Crippen molar-refractivity contribution in [2.75, 3.05) is 59.7 Å². The summed E-state index contributed by atoms with van der Waals surface area (Å²) in [7, 11) is 1.62. The number of amides is 1. The van der Waals surface area contributed by atoms with Gasteiger partial charge in [0.05, 0.1) is 25.9 Å². The number of hydrogen-bond acceptors (Lipinski definition) is 6. The summed E-state index contributed by atoms with van der Waals surface area (Å²) in [6, 6.07) is 0. The molecule has 1 aliphatic heterocycles. The maximum absolute atomic E-state index is 12.1. The first-order chi connectivity index (χ1) is 10.8. The van der Waals surface area contributed by atoms with E-state index >= 15 is 0 Å². The zero-order valence-corrected chi connectivity index (χ0v) is 14.9. The second kappa shape index (κ2) is 10.1. The highest BCUT2D eigenvalue weighted by Gasteiger charge is 2.25. The molecule has 0 aliphatic carbocycles. The molecule has 0 aromatic carbocycles. The van der Waals surface area contributed by atoms with Crippen molar-refractivity contribution in [3.63, 3.8) is 0 Å². The predicted molar refractivity (Wildman–Crippen MR) is 87.6 cm³/mol. The summed E-state index contributed by atoms with van der Waals surface area (Å²) in [6.07, 6.45) is 0.0824. The molecule has 1 N–H and O–H groups in total. The highest BCUT2D eigenvalue weighted by Crippen LogP contribution is 2.12. The lowest BCUT2D eigenvalue weighted by molar-refractivity contribution is -0.000397. The minimum absolute atomic E-state index is 0.261. The second-order valence-corrected chi connectivity index (χ2v) is 6.84. The molecule has 1 amide bonds. The van der Waals surface area contributed by atoms with E-state index < -0.39 is 11.7 Å². The Labute approximate surface area is 139 Å². The molecule has 1 aliphatic rings. The van der Waals surface area contributed by atoms with Crippen molar-refractivity contribution in [3.05, 3.63) is 0 Å². The number of nitrogens with zero attached hydrogens (tertiary/aromatic N) is 2. The predicted octanol–water partition coefficient (Wildman–Crippen LogP) is 0.953. The summed E-state index contributed by atoms with van der Waals surface area (Å²) in [5, 5.41) is 10.0. The van der Waals surface area contributed by atoms with Gasteiger partial charge in [-0.2, -0.15) is 0 Å². The summed E-state index contributed by atoms with van der Waals surface area (Å²) < 4.78 is 15.6. The van der Waals surface area contributed by atoms with Crippen molar-refractivity contribution in [3.8, 4) is 0 Å². The number of hydrogen-bond donors (Lipinski definition) is 1. The van der Waals surface area contributed by atoms with E-state index in [-0.39, 0.29) is 6.09 Å². The fourth-order valence-electron chi connectivity index (χ4n) is 2.37. The highest BCUT2D eigenvalue weighted by atomic mass is 16.6. The Bertz CT molecular complexity index is 346. The van der Waals surface area contributed by atoms with Crippen LogP contribution in [0.5, 0.6) is 0 Å². The lowest BCUT2D eigenvalue weighted by atomic mass is 10.2. The normalized spacial score (nSPS) is 18.6. The highest BCUT2D eigenvalue weighted by molar-refractivity contribution is 5.68. The molecule has 1 rings (SSSR count). The first kappa shape index (κ1) is 20.2. The molecule has 1 unspecified atom stereocenters. The van der Waals surface area contributed by atoms with Crippen LogP contribution in [0.15, 0.2) is 0 Å². The number of carbonyl (C=O) groups excluding carboxylic acids is 1. The zero-order valence-electron chi connectivity index (χ0n) is 14.9. The summed E-state index contributed by atoms with van der Waals surface area (Å²) in [4.78, 5) is 16.0. The molecule has 1 saturated heterocycles. The molecule has 1 atom stereocenters. The molecule has 0 bridgehead atoms. The molecule has 136 valence electrons. The minimum atomic E-state index is -0.528. The number of aliphatic hydroxyl groups is 1. The average molecular weight is 332 g/mol. The maximum Gasteiger partial charge on any atom is 0.410 e. The van der Waals surface area contributed by atoms with Gasteiger partial charge in [0.25, 0.3) is 0 Å². The van der Waals surface area contributed by atoms with E-state index in [0.29, 0.717) is 39.5 Å². The van der Waals surface area contributed by atoms with Crippen molar-refractivity contribution in [2.45, 2.75) is 38.9 Å². The lowest BCUT2D eigenvalue weighted by Gasteiger charge is -2.27. The van der Waals surface area contributed by atoms with Crippen LogP contribution in [0.2, 0.25) is 0 Å². The van der Waals surface area contributed by atoms with E-state index in [2.05, 4.69) is 4.90 Å². The molecule has 0 aromatic heterocycles. The topological polar surface area (TPSA) is 71.5 Å². The Morgan fingerprint density at radius 1 is 1.17 bits per heavy atom. The van der Waals surface area contributed by atoms with Crippen LogP contribution in [0.25, 0.3) is 0 Å². The Kier molecular flexibility index (Phi) is 8.83. The van der Waals surface area contributed by atoms with Crippen LogP contribution in [0.1, 0.15) is 27.2 Å². The van der Waals surface area contributed by atoms with E-state index in [1.165, 1.54) is 0 Å². The van der Waals surface area contributed by atoms with Gasteiger partial charge in [-0.25, -0.2) is 4.79 Å². The zero-order chi connectivity index (χ0) is 17.3. The van der Waals surface area contributed by atoms with E-state index in [0.717, 1.165) is 19.5 Å². The van der Waals surface area contributed by atoms with E-state index in [4.69, 9.17) is 14.2 Å². The van der Waals surface area contributed by atoms with Crippen LogP contribution in [0.4, 0.5) is 4.79 Å². The fourth-order valence-corrected chi connectivity index (χ4v) is 2.37. The molecular formula is C16H32N2O5. The average Bonchev–Trinajstić information content (AvgIpc) is 2.67. The first-order valence-corrected chi connectivity index (χ1v) is 8.27. The number of rotatable bonds is 7. The van der Waals surface area contributed by atoms with Gasteiger partial charge in [-0.15, -0.1) is 0 Å². The smallest absolute Gasteiger partial charge is 0.410 e. The summed E-state index contributed by atoms with van der Waals surface area (Å²) >= 11 is 0. The summed E-state index contributed by atoms with van der Waals surface area (Å²) in [6.45, 7) is 10.4. The van der Waals surface area contributed by atoms with Gasteiger partial charge in [0.15, 0.2) is 0 Å². The van der Waals surface area contributed by atoms with Crippen LogP contribution in [-0.2, 0) is 14.2 Å². The van der Waals surface area contributed by atoms with Gasteiger partial charge >= 0.3 is 6.09 Å². The van der Waals surface area contributed by atoms with Gasteiger partial charge in [0.1, 0.15) is 5.60 Å². The molecule has 1 heterocycles. The summed E-state index contributed by atoms with van der Waals surface area (Å²) in [5.41, 5.74) is -0.473. The molecule has 0 saturated carbocycles. The van der Waals surface area contributed by atoms with Gasteiger partial charge in [-0.3, -0.25) is 4.90 Å². The Hall–Kier alpha value is -0.890. The minimum Gasteiger partial charge on any atom is -0.444 e. The molecule has 0 aromatic rings. The molecule has 0 radical (unpaired) electrons. The number of aliphatic hydroxyl groups excluding tert-OH is 1. The number of carbonyl (C=O) groups is 1. The molecule has 23 heavy (non-hydrogen) atoms. The van der Waals surface area contributed by atoms with Gasteiger partial charge in [-0.05, 0) is 27.2 Å². The third-order valence-electron chi connectivity index (χ3n) is 3.45. The van der Waals surface area contributed by atoms with Crippen LogP contribution in [0, 0.1) is 0 Å². The monoisotopic (exact) mass is 332 g/mol. The van der Waals surface area contributed by atoms with E-state index in [1.807, 2.05) is 20.8 Å². The third-order valence-corrected chi connectivity index (χ3v) is 3.45. The molecule has 7 heteroatoms. The number of ether oxygens (including phenoxy) is 3. The largest absolute Gasteiger partial charge is 0.444 e. The van der Waals surface area contributed by atoms with Crippen molar-refractivity contribution >= 4 is 6.09 Å². The first-order valence-electron chi connectivity index (χ1n) is 8.27. The maximum atomic E-state index is 12.1. The van der Waals surface area contributed by atoms with Gasteiger partial charge in [-0.1, -0.05) is 0 Å². The van der Waals surface area contributed by atoms with Crippen LogP contribution in [-0.4, -0.2) is 92.4 Å². The van der Waals surface area contributed by atoms with Crippen LogP contribution >= 0.6 is 0 Å². The summed E-state index contributed by atoms with van der Waals surface area (Å²) in [5.74, 6) is 0. The fraction of sp³-hybridized carbons (Fsp3) is 0.938. The standard InChI is InChI=1S/C16H32N2O5/c1-16(2,3)23-15(20)18-7-5-6-17(8-9-18)12-14(19)13-22-11-10-21-4/h14,19H,5-13H2,1-4H3. The van der Waals surface area contributed by atoms with Gasteiger partial charge < -0.3 is 24.2 Å². The number of methoxy groups -OCH3 is 1. The molecule has 7 nitrogen and oxygen atoms in total. The quantitative estimate of drug-likeness (QED) is 0.700. The number of β-amino-alcohol motifs (C(OH)–C–C–N with tert-alkyl or cyclic N) is 1. The van der Waals surface area contributed by atoms with Crippen molar-refractivity contribution < 1.29 is 24.1 Å². The lowest BCUT2D eigenvalue weighted by Crippen LogP contribution is -2.40.